The molecule has 0 bridgehead atoms. The topological polar surface area (TPSA) is 15.8 Å². The van der Waals surface area contributed by atoms with Crippen molar-refractivity contribution >= 4 is 51.1 Å². The second-order valence-corrected chi connectivity index (χ2v) is 3.73. The maximum Gasteiger partial charge on any atom is 0.159 e. The lowest BCUT2D eigenvalue weighted by Crippen LogP contribution is -1.62. The van der Waals surface area contributed by atoms with Gasteiger partial charge in [0, 0.05) is 17.4 Å². The maximum atomic E-state index is 4.98. The van der Waals surface area contributed by atoms with Crippen LogP contribution in [-0.2, 0) is 0 Å². The fourth-order valence-electron chi connectivity index (χ4n) is 0.894. The molecule has 53 valence electrons. The minimum Gasteiger partial charge on any atom is -0.337 e. The third-order valence-corrected chi connectivity index (χ3v) is 2.54. The van der Waals surface area contributed by atoms with Crippen molar-refractivity contribution in [2.45, 2.75) is 0 Å². The zero-order chi connectivity index (χ0) is 6.97. The van der Waals surface area contributed by atoms with Gasteiger partial charge in [0.05, 0.1) is 10.2 Å². The van der Waals surface area contributed by atoms with Crippen LogP contribution in [0.5, 0.6) is 0 Å². The van der Waals surface area contributed by atoms with E-state index in [1.807, 2.05) is 18.2 Å². The van der Waals surface area contributed by atoms with E-state index in [0.717, 1.165) is 9.47 Å². The summed E-state index contributed by atoms with van der Waals surface area (Å²) in [6.45, 7) is 0. The van der Waals surface area contributed by atoms with Gasteiger partial charge in [0.25, 0.3) is 0 Å². The quantitative estimate of drug-likeness (QED) is 0.503. The van der Waals surface area contributed by atoms with Crippen LogP contribution >= 0.6 is 23.6 Å². The first-order valence-corrected chi connectivity index (χ1v) is 4.16. The smallest absolute Gasteiger partial charge is 0.159 e. The first kappa shape index (κ1) is 8.95. The molecule has 2 aromatic rings. The average Bonchev–Trinajstić information content (AvgIpc) is 2.27. The summed E-state index contributed by atoms with van der Waals surface area (Å²) < 4.78 is 2.08. The monoisotopic (exact) mass is 194 g/mol. The van der Waals surface area contributed by atoms with E-state index in [-0.39, 0.29) is 17.4 Å². The average molecular weight is 194 g/mol. The molecule has 0 fully saturated rings. The highest BCUT2D eigenvalue weighted by Gasteiger charge is 1.91. The molecule has 0 saturated heterocycles. The van der Waals surface area contributed by atoms with Crippen LogP contribution in [0.15, 0.2) is 24.3 Å². The lowest BCUT2D eigenvalue weighted by atomic mass is 10.3. The molecule has 0 saturated carbocycles. The molecule has 0 aliphatic carbocycles. The number of fused-ring (bicyclic) bond motifs is 1. The van der Waals surface area contributed by atoms with Gasteiger partial charge < -0.3 is 4.98 Å². The molecule has 0 spiro atoms. The zero-order valence-corrected chi connectivity index (χ0v) is 8.49. The second-order valence-electron chi connectivity index (χ2n) is 2.01. The summed E-state index contributed by atoms with van der Waals surface area (Å²) in [4.78, 5) is 3.09. The highest BCUT2D eigenvalue weighted by Crippen LogP contribution is 2.17. The van der Waals surface area contributed by atoms with Crippen LogP contribution in [-0.4, -0.2) is 22.3 Å². The molecule has 1 aromatic heterocycles. The number of aromatic nitrogens is 1. The minimum atomic E-state index is 0. The van der Waals surface area contributed by atoms with Gasteiger partial charge in [-0.15, -0.1) is 11.3 Å². The van der Waals surface area contributed by atoms with Crippen molar-refractivity contribution < 1.29 is 0 Å². The molecule has 0 amide bonds. The lowest BCUT2D eigenvalue weighted by Gasteiger charge is -1.81. The molecule has 2 rings (SSSR count). The van der Waals surface area contributed by atoms with Crippen molar-refractivity contribution in [1.82, 2.24) is 4.98 Å². The Bertz CT molecular complexity index is 368. The molecule has 1 N–H and O–H groups in total. The molecule has 0 unspecified atom stereocenters. The van der Waals surface area contributed by atoms with Crippen LogP contribution in [0, 0.1) is 3.95 Å². The van der Waals surface area contributed by atoms with Gasteiger partial charge in [0.1, 0.15) is 0 Å². The van der Waals surface area contributed by atoms with Gasteiger partial charge in [-0.1, -0.05) is 12.1 Å². The van der Waals surface area contributed by atoms with E-state index < -0.39 is 0 Å². The van der Waals surface area contributed by atoms with E-state index in [0.29, 0.717) is 0 Å². The van der Waals surface area contributed by atoms with Gasteiger partial charge in [-0.05, 0) is 24.4 Å². The number of hydrogen-bond donors (Lipinski definition) is 1. The van der Waals surface area contributed by atoms with E-state index in [2.05, 4.69) is 11.1 Å². The largest absolute Gasteiger partial charge is 0.337 e. The van der Waals surface area contributed by atoms with E-state index in [4.69, 9.17) is 12.2 Å². The van der Waals surface area contributed by atoms with Crippen LogP contribution in [0.25, 0.3) is 10.2 Å². The third kappa shape index (κ3) is 1.71. The summed E-state index contributed by atoms with van der Waals surface area (Å²) in [5.74, 6) is 0. The number of H-pyrrole nitrogens is 1. The molecule has 0 aliphatic rings. The summed E-state index contributed by atoms with van der Waals surface area (Å²) in [5.41, 5.74) is 1.14. The maximum absolute atomic E-state index is 4.98. The lowest BCUT2D eigenvalue weighted by molar-refractivity contribution is 1.47. The van der Waals surface area contributed by atoms with Crippen molar-refractivity contribution in [1.29, 1.82) is 0 Å². The van der Waals surface area contributed by atoms with Gasteiger partial charge in [0.2, 0.25) is 0 Å². The molecule has 1 heterocycles. The van der Waals surface area contributed by atoms with Crippen molar-refractivity contribution in [3.8, 4) is 0 Å². The first-order valence-electron chi connectivity index (χ1n) is 2.94. The predicted molar refractivity (Wildman–Crippen MR) is 52.8 cm³/mol. The van der Waals surface area contributed by atoms with E-state index in [1.165, 1.54) is 4.70 Å². The standard InChI is InChI=1S/C7H5NS2.Al/c9-7-8-5-3-1-2-4-6(5)10-7;/h1-4H,(H,8,9);. The number of para-hydroxylation sites is 1. The van der Waals surface area contributed by atoms with Crippen molar-refractivity contribution in [2.75, 3.05) is 0 Å². The summed E-state index contributed by atoms with van der Waals surface area (Å²) in [7, 11) is 0. The normalized spacial score (nSPS) is 9.45. The van der Waals surface area contributed by atoms with Crippen LogP contribution in [0.1, 0.15) is 0 Å². The van der Waals surface area contributed by atoms with E-state index >= 15 is 0 Å². The minimum absolute atomic E-state index is 0. The summed E-state index contributed by atoms with van der Waals surface area (Å²) in [6.07, 6.45) is 0. The number of rotatable bonds is 0. The molecular formula is C7H5AlNS2. The Labute approximate surface area is 84.2 Å². The Morgan fingerprint density at radius 3 is 2.73 bits per heavy atom. The third-order valence-electron chi connectivity index (χ3n) is 1.33. The SMILES string of the molecule is S=c1[nH]c2ccccc2s1.[Al]. The number of aromatic amines is 1. The van der Waals surface area contributed by atoms with Crippen LogP contribution in [0.4, 0.5) is 0 Å². The zero-order valence-electron chi connectivity index (χ0n) is 5.70. The molecule has 1 nitrogen and oxygen atoms in total. The second kappa shape index (κ2) is 3.51. The van der Waals surface area contributed by atoms with Crippen LogP contribution in [0.3, 0.4) is 0 Å². The van der Waals surface area contributed by atoms with E-state index in [1.54, 1.807) is 11.3 Å². The molecule has 1 aromatic carbocycles. The first-order chi connectivity index (χ1) is 4.86. The predicted octanol–water partition coefficient (Wildman–Crippen LogP) is 2.58. The van der Waals surface area contributed by atoms with Crippen LogP contribution in [0.2, 0.25) is 0 Å². The molecular weight excluding hydrogens is 189 g/mol. The summed E-state index contributed by atoms with van der Waals surface area (Å²) in [6, 6.07) is 8.11. The summed E-state index contributed by atoms with van der Waals surface area (Å²) in [5, 5.41) is 0. The fraction of sp³-hybridized carbons (Fsp3) is 0. The summed E-state index contributed by atoms with van der Waals surface area (Å²) >= 11 is 6.59. The van der Waals surface area contributed by atoms with E-state index in [9.17, 15) is 0 Å². The van der Waals surface area contributed by atoms with Crippen molar-refractivity contribution in [3.63, 3.8) is 0 Å². The number of benzene rings is 1. The number of thiazole rings is 1. The van der Waals surface area contributed by atoms with Gasteiger partial charge >= 0.3 is 0 Å². The Kier molecular flexibility index (Phi) is 2.85. The van der Waals surface area contributed by atoms with Gasteiger partial charge in [0.15, 0.2) is 3.95 Å². The van der Waals surface area contributed by atoms with Gasteiger partial charge in [-0.3, -0.25) is 0 Å². The highest BCUT2D eigenvalue weighted by molar-refractivity contribution is 7.73. The Hall–Kier alpha value is -0.138. The van der Waals surface area contributed by atoms with Crippen LogP contribution < -0.4 is 0 Å². The Morgan fingerprint density at radius 1 is 1.27 bits per heavy atom. The van der Waals surface area contributed by atoms with Gasteiger partial charge in [-0.2, -0.15) is 0 Å². The fourth-order valence-corrected chi connectivity index (χ4v) is 2.01. The molecule has 0 atom stereocenters. The van der Waals surface area contributed by atoms with Crippen molar-refractivity contribution in [3.05, 3.63) is 28.2 Å². The molecule has 11 heavy (non-hydrogen) atoms. The number of hydrogen-bond acceptors (Lipinski definition) is 2. The molecule has 4 heteroatoms. The Balaban J connectivity index is 0.000000605. The Morgan fingerprint density at radius 2 is 2.00 bits per heavy atom. The molecule has 0 aliphatic heterocycles. The highest BCUT2D eigenvalue weighted by atomic mass is 32.1. The van der Waals surface area contributed by atoms with Gasteiger partial charge in [-0.25, -0.2) is 0 Å². The molecule has 3 radical (unpaired) electrons. The van der Waals surface area contributed by atoms with Crippen molar-refractivity contribution in [2.24, 2.45) is 0 Å². The number of nitrogens with one attached hydrogen (secondary N) is 1.